The Labute approximate surface area is 496 Å². The second-order valence-corrected chi connectivity index (χ2v) is 22.0. The summed E-state index contributed by atoms with van der Waals surface area (Å²) >= 11 is 1.53. The molecular weight excluding hydrogens is 1090 g/mol. The van der Waals surface area contributed by atoms with Crippen molar-refractivity contribution in [2.45, 2.75) is 148 Å². The number of nitrogens with zero attached hydrogens (tertiary/aromatic N) is 3. The fraction of sp³-hybridized carbons (Fsp3) is 0.455. The van der Waals surface area contributed by atoms with Crippen molar-refractivity contribution >= 4 is 68.7 Å². The zero-order valence-electron chi connectivity index (χ0n) is 48.3. The molecule has 18 heteroatoms. The van der Waals surface area contributed by atoms with E-state index in [4.69, 9.17) is 48.0 Å². The topological polar surface area (TPSA) is 205 Å². The fourth-order valence-electron chi connectivity index (χ4n) is 9.81. The van der Waals surface area contributed by atoms with Gasteiger partial charge in [-0.25, -0.2) is 29.2 Å². The van der Waals surface area contributed by atoms with Crippen LogP contribution in [-0.2, 0) is 38.1 Å². The number of para-hydroxylation sites is 1. The minimum atomic E-state index is -0.564. The van der Waals surface area contributed by atoms with Gasteiger partial charge in [0.2, 0.25) is 5.13 Å². The van der Waals surface area contributed by atoms with Crippen LogP contribution in [-0.4, -0.2) is 92.2 Å². The number of rotatable bonds is 34. The van der Waals surface area contributed by atoms with Gasteiger partial charge in [0.25, 0.3) is 0 Å². The molecule has 2 fully saturated rings. The molecule has 5 aromatic rings. The van der Waals surface area contributed by atoms with Gasteiger partial charge in [-0.3, -0.25) is 9.59 Å². The monoisotopic (exact) mass is 1170 g/mol. The number of carbonyl (C=O) groups is 6. The van der Waals surface area contributed by atoms with Crippen LogP contribution in [0.5, 0.6) is 23.0 Å². The standard InChI is InChI=1S/C66H79N3O14S/c1-4-7-8-15-40-69(66-68-58-20-13-14-21-59(58)84-66)67-46-50-45-56(83-64(74)49-24-30-53(31-25-49)80-62(72)47-22-28-51(29-23-47)76-41-16-9-11-18-43-78-60(70)5-2)38-39-57(50)65(75)82-54-32-26-48(27-33-54)63(73)81-55-36-34-52(35-37-55)77-42-17-10-12-19-44-79-61(71)6-3/h5-6,13-14,20-23,28-29,34-39,45-46,48-49,53-54H,2-4,7-12,15-19,24-27,30-33,40-44H2,1H3/b67-46+/t48-,49-,53-,54-. The van der Waals surface area contributed by atoms with Crippen LogP contribution >= 0.6 is 11.3 Å². The summed E-state index contributed by atoms with van der Waals surface area (Å²) in [5, 5.41) is 7.49. The van der Waals surface area contributed by atoms with Crippen LogP contribution < -0.4 is 24.0 Å². The van der Waals surface area contributed by atoms with Gasteiger partial charge >= 0.3 is 35.8 Å². The Morgan fingerprint density at radius 2 is 1.07 bits per heavy atom. The molecule has 0 N–H and O–H groups in total. The molecule has 2 saturated carbocycles. The number of hydrazone groups is 1. The number of esters is 6. The van der Waals surface area contributed by atoms with E-state index in [0.29, 0.717) is 118 Å². The number of aromatic nitrogens is 1. The maximum atomic E-state index is 14.2. The summed E-state index contributed by atoms with van der Waals surface area (Å²) in [5.41, 5.74) is 1.90. The summed E-state index contributed by atoms with van der Waals surface area (Å²) in [5.74, 6) is -1.41. The van der Waals surface area contributed by atoms with E-state index < -0.39 is 41.9 Å². The highest BCUT2D eigenvalue weighted by molar-refractivity contribution is 7.22. The molecule has 84 heavy (non-hydrogen) atoms. The quantitative estimate of drug-likeness (QED) is 0.00714. The van der Waals surface area contributed by atoms with E-state index in [9.17, 15) is 28.8 Å². The van der Waals surface area contributed by atoms with Crippen molar-refractivity contribution in [2.75, 3.05) is 38.0 Å². The molecule has 0 saturated heterocycles. The predicted molar refractivity (Wildman–Crippen MR) is 322 cm³/mol. The van der Waals surface area contributed by atoms with Crippen LogP contribution in [0, 0.1) is 11.8 Å². The zero-order chi connectivity index (χ0) is 59.3. The Balaban J connectivity index is 0.911. The Bertz CT molecular complexity index is 2930. The lowest BCUT2D eigenvalue weighted by atomic mass is 9.87. The second kappa shape index (κ2) is 34.7. The lowest BCUT2D eigenvalue weighted by Gasteiger charge is -2.27. The fourth-order valence-corrected chi connectivity index (χ4v) is 10.8. The molecule has 0 amide bonds. The first kappa shape index (κ1) is 63.7. The van der Waals surface area contributed by atoms with Gasteiger partial charge in [0.15, 0.2) is 0 Å². The highest BCUT2D eigenvalue weighted by Crippen LogP contribution is 2.33. The van der Waals surface area contributed by atoms with Gasteiger partial charge in [-0.1, -0.05) is 62.8 Å². The van der Waals surface area contributed by atoms with Crippen LogP contribution in [0.3, 0.4) is 0 Å². The van der Waals surface area contributed by atoms with Crippen molar-refractivity contribution in [3.05, 3.63) is 133 Å². The third-order valence-electron chi connectivity index (χ3n) is 14.7. The molecule has 1 heterocycles. The lowest BCUT2D eigenvalue weighted by molar-refractivity contribution is -0.141. The molecule has 0 atom stereocenters. The van der Waals surface area contributed by atoms with E-state index in [1.807, 2.05) is 29.3 Å². The van der Waals surface area contributed by atoms with Crippen LogP contribution in [0.2, 0.25) is 0 Å². The van der Waals surface area contributed by atoms with E-state index >= 15 is 0 Å². The molecule has 0 bridgehead atoms. The van der Waals surface area contributed by atoms with E-state index in [1.54, 1.807) is 72.9 Å². The summed E-state index contributed by atoms with van der Waals surface area (Å²) in [7, 11) is 0. The molecule has 2 aliphatic rings. The molecule has 7 rings (SSSR count). The van der Waals surface area contributed by atoms with E-state index in [1.165, 1.54) is 11.3 Å². The largest absolute Gasteiger partial charge is 0.494 e. The summed E-state index contributed by atoms with van der Waals surface area (Å²) in [6, 6.07) is 26.5. The third-order valence-corrected chi connectivity index (χ3v) is 15.7. The van der Waals surface area contributed by atoms with E-state index in [-0.39, 0.29) is 29.3 Å². The van der Waals surface area contributed by atoms with Crippen molar-refractivity contribution in [1.29, 1.82) is 0 Å². The Kier molecular flexibility index (Phi) is 26.3. The average molecular weight is 1170 g/mol. The normalized spacial score (nSPS) is 16.7. The summed E-state index contributed by atoms with van der Waals surface area (Å²) in [6.45, 7) is 11.3. The molecule has 0 aliphatic heterocycles. The molecule has 17 nitrogen and oxygen atoms in total. The highest BCUT2D eigenvalue weighted by Gasteiger charge is 2.32. The summed E-state index contributed by atoms with van der Waals surface area (Å²) in [6.07, 6.45) is 17.9. The second-order valence-electron chi connectivity index (χ2n) is 21.0. The van der Waals surface area contributed by atoms with Crippen molar-refractivity contribution in [3.63, 3.8) is 0 Å². The van der Waals surface area contributed by atoms with Gasteiger partial charge in [0, 0.05) is 24.3 Å². The average Bonchev–Trinajstić information content (AvgIpc) is 4.10. The molecule has 0 spiro atoms. The maximum absolute atomic E-state index is 14.2. The van der Waals surface area contributed by atoms with Crippen LogP contribution in [0.25, 0.3) is 10.2 Å². The first-order chi connectivity index (χ1) is 41.0. The predicted octanol–water partition coefficient (Wildman–Crippen LogP) is 13.7. The Hall–Kier alpha value is -7.86. The first-order valence-electron chi connectivity index (χ1n) is 29.7. The van der Waals surface area contributed by atoms with Crippen LogP contribution in [0.4, 0.5) is 5.13 Å². The Morgan fingerprint density at radius 1 is 0.571 bits per heavy atom. The van der Waals surface area contributed by atoms with Gasteiger partial charge in [0.1, 0.15) is 35.2 Å². The van der Waals surface area contributed by atoms with Crippen LogP contribution in [0.1, 0.15) is 162 Å². The van der Waals surface area contributed by atoms with Gasteiger partial charge in [0.05, 0.1) is 65.8 Å². The van der Waals surface area contributed by atoms with Crippen molar-refractivity contribution in [2.24, 2.45) is 16.9 Å². The maximum Gasteiger partial charge on any atom is 0.339 e. The summed E-state index contributed by atoms with van der Waals surface area (Å²) < 4.78 is 46.5. The highest BCUT2D eigenvalue weighted by atomic mass is 32.1. The minimum Gasteiger partial charge on any atom is -0.494 e. The molecule has 448 valence electrons. The number of fused-ring (bicyclic) bond motifs is 1. The molecule has 0 unspecified atom stereocenters. The van der Waals surface area contributed by atoms with Crippen molar-refractivity contribution in [1.82, 2.24) is 4.98 Å². The number of anilines is 1. The number of benzene rings is 4. The number of hydrogen-bond acceptors (Lipinski definition) is 18. The van der Waals surface area contributed by atoms with Crippen molar-refractivity contribution < 1.29 is 66.7 Å². The SMILES string of the molecule is C=CC(=O)OCCCCCCOc1ccc(OC(=O)[C@H]2CC[C@H](OC(=O)c3ccc(OC(=O)[C@H]4CC[C@H](OC(=O)c5ccc(OCCCCCCOC(=O)C=C)cc5)CC4)cc3/C=N/N(CCCCCC)c3nc4ccccc4s3)CC2)cc1. The molecule has 0 radical (unpaired) electrons. The number of carbonyl (C=O) groups excluding carboxylic acids is 6. The van der Waals surface area contributed by atoms with E-state index in [0.717, 1.165) is 99.4 Å². The lowest BCUT2D eigenvalue weighted by Crippen LogP contribution is -2.30. The van der Waals surface area contributed by atoms with Crippen LogP contribution in [0.15, 0.2) is 121 Å². The molecule has 1 aromatic heterocycles. The van der Waals surface area contributed by atoms with Crippen molar-refractivity contribution in [3.8, 4) is 23.0 Å². The number of unbranched alkanes of at least 4 members (excludes halogenated alkanes) is 9. The summed E-state index contributed by atoms with van der Waals surface area (Å²) in [4.78, 5) is 81.6. The zero-order valence-corrected chi connectivity index (χ0v) is 49.1. The Morgan fingerprint density at radius 3 is 1.63 bits per heavy atom. The number of thiazole rings is 1. The molecule has 4 aromatic carbocycles. The number of hydrogen-bond donors (Lipinski definition) is 0. The third kappa shape index (κ3) is 21.1. The first-order valence-corrected chi connectivity index (χ1v) is 30.5. The van der Waals surface area contributed by atoms with Gasteiger partial charge in [-0.15, -0.1) is 0 Å². The molecular formula is C66H79N3O14S. The van der Waals surface area contributed by atoms with Gasteiger partial charge < -0.3 is 37.9 Å². The minimum absolute atomic E-state index is 0.241. The van der Waals surface area contributed by atoms with Gasteiger partial charge in [-0.05, 0) is 188 Å². The smallest absolute Gasteiger partial charge is 0.339 e. The number of ether oxygens (including phenoxy) is 8. The van der Waals surface area contributed by atoms with E-state index in [2.05, 4.69) is 20.1 Å². The molecule has 2 aliphatic carbocycles. The van der Waals surface area contributed by atoms with Gasteiger partial charge in [-0.2, -0.15) is 5.10 Å².